The van der Waals surface area contributed by atoms with Gasteiger partial charge in [0.1, 0.15) is 0 Å². The van der Waals surface area contributed by atoms with Crippen LogP contribution in [0.1, 0.15) is 29.7 Å². The number of nitrogens with one attached hydrogen (secondary N) is 1. The highest BCUT2D eigenvalue weighted by molar-refractivity contribution is 7.89. The molecule has 32 heavy (non-hydrogen) atoms. The van der Waals surface area contributed by atoms with E-state index >= 15 is 0 Å². The second-order valence-electron chi connectivity index (χ2n) is 7.28. The van der Waals surface area contributed by atoms with Crippen molar-refractivity contribution < 1.29 is 26.4 Å². The van der Waals surface area contributed by atoms with Crippen molar-refractivity contribution in [1.82, 2.24) is 14.5 Å². The zero-order valence-corrected chi connectivity index (χ0v) is 17.9. The van der Waals surface area contributed by atoms with Gasteiger partial charge in [-0.2, -0.15) is 22.7 Å². The molecule has 2 amide bonds. The maximum absolute atomic E-state index is 13.2. The Morgan fingerprint density at radius 2 is 1.66 bits per heavy atom. The number of hydrogen-bond donors (Lipinski definition) is 1. The normalized spacial score (nSPS) is 16.3. The summed E-state index contributed by atoms with van der Waals surface area (Å²) >= 11 is 0. The highest BCUT2D eigenvalue weighted by Gasteiger charge is 2.35. The van der Waals surface area contributed by atoms with Gasteiger partial charge in [0.25, 0.3) is 0 Å². The van der Waals surface area contributed by atoms with E-state index in [-0.39, 0.29) is 36.6 Å². The Morgan fingerprint density at radius 1 is 1.06 bits per heavy atom. The first kappa shape index (κ1) is 23.6. The minimum atomic E-state index is -4.54. The van der Waals surface area contributed by atoms with Gasteiger partial charge >= 0.3 is 12.2 Å². The van der Waals surface area contributed by atoms with E-state index in [1.165, 1.54) is 58.6 Å². The number of hydrogen-bond acceptors (Lipinski definition) is 4. The number of carbonyl (C=O) groups is 1. The maximum Gasteiger partial charge on any atom is 0.416 e. The molecule has 0 aromatic heterocycles. The fourth-order valence-corrected chi connectivity index (χ4v) is 4.89. The Labute approximate surface area is 184 Å². The lowest BCUT2D eigenvalue weighted by molar-refractivity contribution is -0.138. The molecule has 0 bridgehead atoms. The molecule has 11 heteroatoms. The van der Waals surface area contributed by atoms with Crippen LogP contribution in [0.4, 0.5) is 18.0 Å². The Morgan fingerprint density at radius 3 is 2.22 bits per heavy atom. The molecule has 0 spiro atoms. The van der Waals surface area contributed by atoms with Crippen molar-refractivity contribution in [3.8, 4) is 6.07 Å². The van der Waals surface area contributed by atoms with Crippen LogP contribution >= 0.6 is 0 Å². The van der Waals surface area contributed by atoms with Gasteiger partial charge in [0.05, 0.1) is 28.1 Å². The number of rotatable bonds is 4. The lowest BCUT2D eigenvalue weighted by Crippen LogP contribution is -2.53. The van der Waals surface area contributed by atoms with Crippen molar-refractivity contribution in [3.63, 3.8) is 0 Å². The van der Waals surface area contributed by atoms with Gasteiger partial charge in [0.2, 0.25) is 10.0 Å². The minimum Gasteiger partial charge on any atom is -0.331 e. The van der Waals surface area contributed by atoms with E-state index in [9.17, 15) is 26.4 Å². The molecule has 1 aliphatic rings. The van der Waals surface area contributed by atoms with Crippen molar-refractivity contribution in [2.45, 2.75) is 24.0 Å². The number of amides is 2. The van der Waals surface area contributed by atoms with Gasteiger partial charge in [-0.15, -0.1) is 0 Å². The number of piperazine rings is 1. The third-order valence-electron chi connectivity index (χ3n) is 5.22. The number of nitrogens with zero attached hydrogens (tertiary/aromatic N) is 3. The fourth-order valence-electron chi connectivity index (χ4n) is 3.47. The molecule has 2 aromatic carbocycles. The van der Waals surface area contributed by atoms with Gasteiger partial charge in [-0.05, 0) is 42.8 Å². The van der Waals surface area contributed by atoms with E-state index in [4.69, 9.17) is 5.26 Å². The van der Waals surface area contributed by atoms with Crippen LogP contribution in [-0.2, 0) is 16.2 Å². The molecule has 170 valence electrons. The summed E-state index contributed by atoms with van der Waals surface area (Å²) in [6.07, 6.45) is -4.54. The van der Waals surface area contributed by atoms with E-state index in [1.54, 1.807) is 0 Å². The molecule has 1 N–H and O–H groups in total. The molecule has 1 atom stereocenters. The lowest BCUT2D eigenvalue weighted by atomic mass is 10.0. The predicted molar refractivity (Wildman–Crippen MR) is 110 cm³/mol. The predicted octanol–water partition coefficient (Wildman–Crippen LogP) is 3.35. The van der Waals surface area contributed by atoms with Crippen molar-refractivity contribution in [3.05, 3.63) is 65.2 Å². The Bertz CT molecular complexity index is 1120. The smallest absolute Gasteiger partial charge is 0.331 e. The largest absolute Gasteiger partial charge is 0.416 e. The molecular formula is C21H21F3N4O3S. The molecule has 0 saturated carbocycles. The highest BCUT2D eigenvalue weighted by Crippen LogP contribution is 2.34. The third-order valence-corrected chi connectivity index (χ3v) is 7.13. The average molecular weight is 466 g/mol. The summed E-state index contributed by atoms with van der Waals surface area (Å²) in [7, 11) is -3.78. The van der Waals surface area contributed by atoms with E-state index < -0.39 is 33.8 Å². The summed E-state index contributed by atoms with van der Waals surface area (Å²) < 4.78 is 66.5. The van der Waals surface area contributed by atoms with Gasteiger partial charge in [0, 0.05) is 26.2 Å². The minimum absolute atomic E-state index is 0.0449. The van der Waals surface area contributed by atoms with E-state index in [1.807, 2.05) is 6.07 Å². The summed E-state index contributed by atoms with van der Waals surface area (Å²) in [5, 5.41) is 11.4. The Hall–Kier alpha value is -3.10. The number of benzene rings is 2. The molecule has 0 aliphatic carbocycles. The Balaban J connectivity index is 1.63. The summed E-state index contributed by atoms with van der Waals surface area (Å²) in [6, 6.07) is 11.0. The molecule has 1 heterocycles. The van der Waals surface area contributed by atoms with Crippen LogP contribution in [0.15, 0.2) is 53.4 Å². The van der Waals surface area contributed by atoms with Crippen molar-refractivity contribution in [2.75, 3.05) is 26.2 Å². The molecule has 2 aromatic rings. The van der Waals surface area contributed by atoms with E-state index in [2.05, 4.69) is 5.32 Å². The van der Waals surface area contributed by atoms with Gasteiger partial charge in [0.15, 0.2) is 0 Å². The van der Waals surface area contributed by atoms with Gasteiger partial charge < -0.3 is 10.2 Å². The summed E-state index contributed by atoms with van der Waals surface area (Å²) in [5.41, 5.74) is -0.520. The van der Waals surface area contributed by atoms with Gasteiger partial charge in [-0.25, -0.2) is 13.2 Å². The molecule has 0 radical (unpaired) electrons. The molecule has 1 fully saturated rings. The van der Waals surface area contributed by atoms with Gasteiger partial charge in [-0.3, -0.25) is 0 Å². The first-order valence-corrected chi connectivity index (χ1v) is 11.2. The fraction of sp³-hybridized carbons (Fsp3) is 0.333. The van der Waals surface area contributed by atoms with Crippen LogP contribution in [0, 0.1) is 11.3 Å². The Kier molecular flexibility index (Phi) is 6.76. The standard InChI is InChI=1S/C21H21F3N4O3S/c1-15(18-4-2-3-5-19(18)21(22,23)24)26-20(29)27-10-12-28(13-11-27)32(30,31)17-8-6-16(14-25)7-9-17/h2-9,15H,10-13H2,1H3,(H,26,29). The first-order chi connectivity index (χ1) is 15.0. The van der Waals surface area contributed by atoms with E-state index in [0.717, 1.165) is 6.07 Å². The van der Waals surface area contributed by atoms with Crippen molar-refractivity contribution in [2.24, 2.45) is 0 Å². The summed E-state index contributed by atoms with van der Waals surface area (Å²) in [4.78, 5) is 14.0. The summed E-state index contributed by atoms with van der Waals surface area (Å²) in [6.45, 7) is 1.74. The van der Waals surface area contributed by atoms with Crippen LogP contribution in [-0.4, -0.2) is 49.8 Å². The second-order valence-corrected chi connectivity index (χ2v) is 9.22. The summed E-state index contributed by atoms with van der Waals surface area (Å²) in [5.74, 6) is 0. The van der Waals surface area contributed by atoms with Crippen LogP contribution in [0.5, 0.6) is 0 Å². The second kappa shape index (κ2) is 9.18. The lowest BCUT2D eigenvalue weighted by Gasteiger charge is -2.34. The van der Waals surface area contributed by atoms with E-state index in [0.29, 0.717) is 5.56 Å². The number of sulfonamides is 1. The number of urea groups is 1. The number of nitriles is 1. The van der Waals surface area contributed by atoms with Crippen LogP contribution in [0.2, 0.25) is 0 Å². The molecule has 1 saturated heterocycles. The van der Waals surface area contributed by atoms with Crippen LogP contribution < -0.4 is 5.32 Å². The highest BCUT2D eigenvalue weighted by atomic mass is 32.2. The molecule has 3 rings (SSSR count). The molecule has 1 unspecified atom stereocenters. The molecular weight excluding hydrogens is 445 g/mol. The van der Waals surface area contributed by atoms with Gasteiger partial charge in [-0.1, -0.05) is 18.2 Å². The van der Waals surface area contributed by atoms with Crippen molar-refractivity contribution in [1.29, 1.82) is 5.26 Å². The van der Waals surface area contributed by atoms with Crippen LogP contribution in [0.25, 0.3) is 0 Å². The number of carbonyl (C=O) groups excluding carboxylic acids is 1. The molecule has 7 nitrogen and oxygen atoms in total. The monoisotopic (exact) mass is 466 g/mol. The SMILES string of the molecule is CC(NC(=O)N1CCN(S(=O)(=O)c2ccc(C#N)cc2)CC1)c1ccccc1C(F)(F)F. The average Bonchev–Trinajstić information content (AvgIpc) is 2.78. The molecule has 1 aliphatic heterocycles. The topological polar surface area (TPSA) is 93.5 Å². The number of halogens is 3. The van der Waals surface area contributed by atoms with Crippen molar-refractivity contribution >= 4 is 16.1 Å². The maximum atomic E-state index is 13.2. The third kappa shape index (κ3) is 5.03. The quantitative estimate of drug-likeness (QED) is 0.748. The zero-order valence-electron chi connectivity index (χ0n) is 17.1. The number of alkyl halides is 3. The first-order valence-electron chi connectivity index (χ1n) is 9.76. The van der Waals surface area contributed by atoms with Crippen LogP contribution in [0.3, 0.4) is 0 Å². The zero-order chi connectivity index (χ0) is 23.5.